The Hall–Kier alpha value is -7.22. The van der Waals surface area contributed by atoms with Gasteiger partial charge in [0.1, 0.15) is 0 Å². The average Bonchev–Trinajstić information content (AvgIpc) is 3.85. The molecule has 296 valence electrons. The summed E-state index contributed by atoms with van der Waals surface area (Å²) in [5.74, 6) is 0. The molecule has 0 radical (unpaired) electrons. The molecule has 0 saturated carbocycles. The highest BCUT2D eigenvalue weighted by atomic mass is 15.1. The Labute approximate surface area is 365 Å². The molecule has 0 amide bonds. The number of anilines is 3. The lowest BCUT2D eigenvalue weighted by molar-refractivity contribution is 0.660. The van der Waals surface area contributed by atoms with Gasteiger partial charge in [-0.1, -0.05) is 204 Å². The highest BCUT2D eigenvalue weighted by molar-refractivity contribution is 5.93. The van der Waals surface area contributed by atoms with E-state index < -0.39 is 5.41 Å². The second-order valence-corrected chi connectivity index (χ2v) is 18.4. The van der Waals surface area contributed by atoms with Crippen LogP contribution in [0.25, 0.3) is 44.5 Å². The van der Waals surface area contributed by atoms with Gasteiger partial charge in [0.05, 0.1) is 5.41 Å². The number of hydrogen-bond donors (Lipinski definition) is 0. The SMILES string of the molecule is CC1(C)c2ccccc2-c2ccc(N(c3ccc(-c4cccc5c4C(C)(C)c4ccccc4-5)cc3)c3ccc4c(c3)-c3ccccc3C4(c3ccccc3)c3ccccc3)cc21. The highest BCUT2D eigenvalue weighted by Gasteiger charge is 2.46. The van der Waals surface area contributed by atoms with Crippen molar-refractivity contribution in [3.05, 3.63) is 257 Å². The molecule has 9 aromatic carbocycles. The van der Waals surface area contributed by atoms with Gasteiger partial charge in [-0.2, -0.15) is 0 Å². The zero-order chi connectivity index (χ0) is 41.8. The number of rotatable bonds is 6. The zero-order valence-electron chi connectivity index (χ0n) is 35.7. The Morgan fingerprint density at radius 3 is 1.40 bits per heavy atom. The predicted octanol–water partition coefficient (Wildman–Crippen LogP) is 15.8. The number of fused-ring (bicyclic) bond motifs is 9. The second kappa shape index (κ2) is 13.4. The third kappa shape index (κ3) is 5.03. The van der Waals surface area contributed by atoms with E-state index in [1.165, 1.54) is 89.0 Å². The molecule has 1 nitrogen and oxygen atoms in total. The van der Waals surface area contributed by atoms with Gasteiger partial charge in [0.15, 0.2) is 0 Å². The minimum absolute atomic E-state index is 0.0997. The first-order chi connectivity index (χ1) is 30.3. The minimum atomic E-state index is -0.452. The molecule has 0 N–H and O–H groups in total. The summed E-state index contributed by atoms with van der Waals surface area (Å²) in [5, 5.41) is 0. The van der Waals surface area contributed by atoms with Crippen molar-refractivity contribution in [3.63, 3.8) is 0 Å². The van der Waals surface area contributed by atoms with Crippen molar-refractivity contribution in [2.24, 2.45) is 0 Å². The Kier molecular flexibility index (Phi) is 7.91. The highest BCUT2D eigenvalue weighted by Crippen LogP contribution is 2.58. The third-order valence-corrected chi connectivity index (χ3v) is 14.5. The van der Waals surface area contributed by atoms with Gasteiger partial charge in [-0.25, -0.2) is 0 Å². The molecule has 0 fully saturated rings. The molecule has 3 aliphatic carbocycles. The summed E-state index contributed by atoms with van der Waals surface area (Å²) in [6.45, 7) is 9.50. The summed E-state index contributed by atoms with van der Waals surface area (Å²) in [5.41, 5.74) is 23.9. The lowest BCUT2D eigenvalue weighted by Crippen LogP contribution is -2.28. The van der Waals surface area contributed by atoms with E-state index in [9.17, 15) is 0 Å². The Morgan fingerprint density at radius 1 is 0.290 bits per heavy atom. The fraction of sp³-hybridized carbons (Fsp3) is 0.115. The maximum Gasteiger partial charge on any atom is 0.0713 e. The van der Waals surface area contributed by atoms with Gasteiger partial charge >= 0.3 is 0 Å². The zero-order valence-corrected chi connectivity index (χ0v) is 35.7. The van der Waals surface area contributed by atoms with Crippen LogP contribution in [0.4, 0.5) is 17.1 Å². The Morgan fingerprint density at radius 2 is 0.742 bits per heavy atom. The monoisotopic (exact) mass is 793 g/mol. The summed E-state index contributed by atoms with van der Waals surface area (Å²) < 4.78 is 0. The van der Waals surface area contributed by atoms with Crippen molar-refractivity contribution in [1.82, 2.24) is 0 Å². The van der Waals surface area contributed by atoms with Gasteiger partial charge in [0, 0.05) is 27.9 Å². The molecule has 0 bridgehead atoms. The molecular formula is C61H47N. The summed E-state index contributed by atoms with van der Waals surface area (Å²) in [6.07, 6.45) is 0. The van der Waals surface area contributed by atoms with Crippen LogP contribution in [0.2, 0.25) is 0 Å². The van der Waals surface area contributed by atoms with Gasteiger partial charge in [0.25, 0.3) is 0 Å². The van der Waals surface area contributed by atoms with Gasteiger partial charge in [-0.05, 0) is 125 Å². The number of nitrogens with zero attached hydrogens (tertiary/aromatic N) is 1. The summed E-state index contributed by atoms with van der Waals surface area (Å²) in [6, 6.07) is 79.6. The number of hydrogen-bond acceptors (Lipinski definition) is 1. The molecule has 62 heavy (non-hydrogen) atoms. The third-order valence-electron chi connectivity index (χ3n) is 14.5. The molecule has 12 rings (SSSR count). The molecule has 0 aliphatic heterocycles. The molecule has 0 spiro atoms. The van der Waals surface area contributed by atoms with Crippen LogP contribution in [0.3, 0.4) is 0 Å². The van der Waals surface area contributed by atoms with Crippen LogP contribution in [0.1, 0.15) is 72.2 Å². The molecule has 0 unspecified atom stereocenters. The van der Waals surface area contributed by atoms with E-state index in [4.69, 9.17) is 0 Å². The Balaban J connectivity index is 1.05. The molecule has 1 heteroatoms. The van der Waals surface area contributed by atoms with E-state index in [0.29, 0.717) is 0 Å². The summed E-state index contributed by atoms with van der Waals surface area (Å²) >= 11 is 0. The molecule has 0 atom stereocenters. The molecule has 0 heterocycles. The van der Waals surface area contributed by atoms with Crippen LogP contribution in [0.15, 0.2) is 212 Å². The van der Waals surface area contributed by atoms with E-state index >= 15 is 0 Å². The van der Waals surface area contributed by atoms with Crippen LogP contribution in [0.5, 0.6) is 0 Å². The first kappa shape index (κ1) is 36.6. The van der Waals surface area contributed by atoms with E-state index in [-0.39, 0.29) is 10.8 Å². The summed E-state index contributed by atoms with van der Waals surface area (Å²) in [4.78, 5) is 2.48. The summed E-state index contributed by atoms with van der Waals surface area (Å²) in [7, 11) is 0. The smallest absolute Gasteiger partial charge is 0.0713 e. The van der Waals surface area contributed by atoms with Crippen molar-refractivity contribution < 1.29 is 0 Å². The molecular weight excluding hydrogens is 747 g/mol. The van der Waals surface area contributed by atoms with Crippen LogP contribution >= 0.6 is 0 Å². The van der Waals surface area contributed by atoms with Crippen molar-refractivity contribution >= 4 is 17.1 Å². The number of benzene rings is 9. The first-order valence-corrected chi connectivity index (χ1v) is 22.0. The van der Waals surface area contributed by atoms with Crippen LogP contribution in [-0.4, -0.2) is 0 Å². The van der Waals surface area contributed by atoms with Gasteiger partial charge in [0.2, 0.25) is 0 Å². The normalized spacial score (nSPS) is 15.2. The maximum absolute atomic E-state index is 2.48. The van der Waals surface area contributed by atoms with Crippen LogP contribution < -0.4 is 4.90 Å². The van der Waals surface area contributed by atoms with Gasteiger partial charge in [-0.3, -0.25) is 0 Å². The van der Waals surface area contributed by atoms with Crippen molar-refractivity contribution in [2.75, 3.05) is 4.90 Å². The van der Waals surface area contributed by atoms with Gasteiger partial charge < -0.3 is 4.90 Å². The molecule has 9 aromatic rings. The van der Waals surface area contributed by atoms with Crippen LogP contribution in [0, 0.1) is 0 Å². The topological polar surface area (TPSA) is 3.24 Å². The molecule has 0 saturated heterocycles. The first-order valence-electron chi connectivity index (χ1n) is 22.0. The fourth-order valence-electron chi connectivity index (χ4n) is 11.7. The van der Waals surface area contributed by atoms with E-state index in [2.05, 4.69) is 245 Å². The van der Waals surface area contributed by atoms with Crippen molar-refractivity contribution in [1.29, 1.82) is 0 Å². The maximum atomic E-state index is 2.48. The predicted molar refractivity (Wildman–Crippen MR) is 259 cm³/mol. The average molecular weight is 794 g/mol. The van der Waals surface area contributed by atoms with E-state index in [1.54, 1.807) is 0 Å². The largest absolute Gasteiger partial charge is 0.310 e. The lowest BCUT2D eigenvalue weighted by atomic mass is 9.68. The van der Waals surface area contributed by atoms with E-state index in [1.807, 2.05) is 0 Å². The van der Waals surface area contributed by atoms with Crippen molar-refractivity contribution in [3.8, 4) is 44.5 Å². The fourth-order valence-corrected chi connectivity index (χ4v) is 11.7. The lowest BCUT2D eigenvalue weighted by Gasteiger charge is -2.34. The Bertz CT molecular complexity index is 3180. The van der Waals surface area contributed by atoms with Crippen LogP contribution in [-0.2, 0) is 16.2 Å². The van der Waals surface area contributed by atoms with Crippen molar-refractivity contribution in [2.45, 2.75) is 43.9 Å². The molecule has 0 aromatic heterocycles. The van der Waals surface area contributed by atoms with E-state index in [0.717, 1.165) is 17.1 Å². The quantitative estimate of drug-likeness (QED) is 0.162. The molecule has 3 aliphatic rings. The second-order valence-electron chi connectivity index (χ2n) is 18.4. The van der Waals surface area contributed by atoms with Gasteiger partial charge in [-0.15, -0.1) is 0 Å². The minimum Gasteiger partial charge on any atom is -0.310 e. The standard InChI is InChI=1S/C61H47N/c1-59(2)53-27-14-11-22-47(53)50-36-34-45(39-57(50)59)62(43-32-30-40(31-33-43)46-25-17-26-51-48-23-12-15-28-54(48)60(3,4)58(46)51)44-35-37-56-52(38-44)49-24-13-16-29-55(49)61(56,41-18-7-5-8-19-41)42-20-9-6-10-21-42/h5-39H,1-4H3.